The van der Waals surface area contributed by atoms with Gasteiger partial charge in [-0.2, -0.15) is 0 Å². The Labute approximate surface area is 65.4 Å². The molecule has 0 bridgehead atoms. The number of rotatable bonds is 2. The zero-order valence-electron chi connectivity index (χ0n) is 6.37. The van der Waals surface area contributed by atoms with E-state index in [0.717, 1.165) is 5.56 Å². The van der Waals surface area contributed by atoms with Crippen molar-refractivity contribution in [1.82, 2.24) is 0 Å². The summed E-state index contributed by atoms with van der Waals surface area (Å²) in [6.07, 6.45) is 0. The van der Waals surface area contributed by atoms with Crippen molar-refractivity contribution < 1.29 is 9.84 Å². The maximum absolute atomic E-state index is 9.26. The number of benzene rings is 1. The Morgan fingerprint density at radius 3 is 2.82 bits per heavy atom. The second kappa shape index (κ2) is 3.25. The van der Waals surface area contributed by atoms with Crippen LogP contribution >= 0.6 is 0 Å². The van der Waals surface area contributed by atoms with E-state index in [1.165, 1.54) is 6.07 Å². The van der Waals surface area contributed by atoms with Crippen molar-refractivity contribution in [1.29, 1.82) is 0 Å². The van der Waals surface area contributed by atoms with E-state index >= 15 is 0 Å². The van der Waals surface area contributed by atoms with Crippen LogP contribution in [0.3, 0.4) is 0 Å². The summed E-state index contributed by atoms with van der Waals surface area (Å²) in [5.74, 6) is 0.187. The Kier molecular flexibility index (Phi) is 2.33. The molecule has 0 atom stereocenters. The summed E-state index contributed by atoms with van der Waals surface area (Å²) in [7, 11) is 1.58. The largest absolute Gasteiger partial charge is 0.508 e. The third kappa shape index (κ3) is 1.85. The number of phenols is 1. The summed E-state index contributed by atoms with van der Waals surface area (Å²) in [5.41, 5.74) is 6.73. The topological polar surface area (TPSA) is 55.5 Å². The lowest BCUT2D eigenvalue weighted by Crippen LogP contribution is -1.90. The highest BCUT2D eigenvalue weighted by molar-refractivity contribution is 5.47. The number of nitrogen functional groups attached to an aromatic ring is 1. The number of methoxy groups -OCH3 is 1. The minimum atomic E-state index is 0.187. The first-order valence-corrected chi connectivity index (χ1v) is 3.30. The van der Waals surface area contributed by atoms with Gasteiger partial charge in [0, 0.05) is 24.4 Å². The summed E-state index contributed by atoms with van der Waals surface area (Å²) in [5, 5.41) is 9.26. The first-order valence-electron chi connectivity index (χ1n) is 3.30. The zero-order valence-corrected chi connectivity index (χ0v) is 6.37. The molecule has 0 aliphatic heterocycles. The van der Waals surface area contributed by atoms with Gasteiger partial charge < -0.3 is 15.6 Å². The summed E-state index contributed by atoms with van der Waals surface area (Å²) in [6, 6.07) is 4.98. The van der Waals surface area contributed by atoms with Gasteiger partial charge in [0.25, 0.3) is 0 Å². The van der Waals surface area contributed by atoms with Crippen molar-refractivity contribution in [2.24, 2.45) is 0 Å². The summed E-state index contributed by atoms with van der Waals surface area (Å²) >= 11 is 0. The monoisotopic (exact) mass is 153 g/mol. The Bertz CT molecular complexity index is 248. The van der Waals surface area contributed by atoms with Crippen LogP contribution < -0.4 is 5.73 Å². The van der Waals surface area contributed by atoms with Crippen LogP contribution in [-0.2, 0) is 11.3 Å². The van der Waals surface area contributed by atoms with Gasteiger partial charge in [0.15, 0.2) is 0 Å². The lowest BCUT2D eigenvalue weighted by atomic mass is 10.2. The molecular formula is C8H11NO2. The second-order valence-corrected chi connectivity index (χ2v) is 2.32. The molecular weight excluding hydrogens is 142 g/mol. The average molecular weight is 153 g/mol. The Balaban J connectivity index is 2.90. The predicted molar refractivity (Wildman–Crippen MR) is 43.2 cm³/mol. The molecule has 0 aliphatic rings. The summed E-state index contributed by atoms with van der Waals surface area (Å²) in [6.45, 7) is 0.409. The van der Waals surface area contributed by atoms with Crippen molar-refractivity contribution in [3.63, 3.8) is 0 Å². The van der Waals surface area contributed by atoms with Gasteiger partial charge in [-0.25, -0.2) is 0 Å². The van der Waals surface area contributed by atoms with E-state index in [-0.39, 0.29) is 5.75 Å². The van der Waals surface area contributed by atoms with E-state index in [2.05, 4.69) is 0 Å². The number of hydrogen-bond acceptors (Lipinski definition) is 3. The van der Waals surface area contributed by atoms with Gasteiger partial charge >= 0.3 is 0 Å². The van der Waals surface area contributed by atoms with E-state index in [1.807, 2.05) is 0 Å². The van der Waals surface area contributed by atoms with E-state index in [4.69, 9.17) is 10.5 Å². The zero-order chi connectivity index (χ0) is 8.27. The number of hydrogen-bond donors (Lipinski definition) is 2. The maximum Gasteiger partial charge on any atom is 0.123 e. The van der Waals surface area contributed by atoms with E-state index in [0.29, 0.717) is 12.3 Å². The van der Waals surface area contributed by atoms with Gasteiger partial charge in [-0.05, 0) is 6.07 Å². The van der Waals surface area contributed by atoms with Crippen LogP contribution in [0.25, 0.3) is 0 Å². The molecule has 3 nitrogen and oxygen atoms in total. The first kappa shape index (κ1) is 7.88. The van der Waals surface area contributed by atoms with E-state index in [1.54, 1.807) is 19.2 Å². The number of ether oxygens (including phenoxy) is 1. The molecule has 0 fully saturated rings. The highest BCUT2D eigenvalue weighted by Crippen LogP contribution is 2.20. The van der Waals surface area contributed by atoms with Crippen molar-refractivity contribution in [3.05, 3.63) is 23.8 Å². The lowest BCUT2D eigenvalue weighted by molar-refractivity contribution is 0.182. The Morgan fingerprint density at radius 1 is 1.55 bits per heavy atom. The van der Waals surface area contributed by atoms with Crippen LogP contribution in [0.5, 0.6) is 5.75 Å². The molecule has 0 aliphatic carbocycles. The molecule has 1 aromatic carbocycles. The fourth-order valence-corrected chi connectivity index (χ4v) is 0.858. The predicted octanol–water partition coefficient (Wildman–Crippen LogP) is 1.12. The number of aromatic hydroxyl groups is 1. The molecule has 0 unspecified atom stereocenters. The molecule has 3 heteroatoms. The molecule has 1 aromatic rings. The van der Waals surface area contributed by atoms with Crippen molar-refractivity contribution in [2.75, 3.05) is 12.8 Å². The molecule has 60 valence electrons. The van der Waals surface area contributed by atoms with Gasteiger partial charge in [0.05, 0.1) is 6.61 Å². The van der Waals surface area contributed by atoms with Crippen LogP contribution in [-0.4, -0.2) is 12.2 Å². The molecule has 11 heavy (non-hydrogen) atoms. The molecule has 0 aromatic heterocycles. The van der Waals surface area contributed by atoms with Gasteiger partial charge in [-0.3, -0.25) is 0 Å². The van der Waals surface area contributed by atoms with Gasteiger partial charge in [0.2, 0.25) is 0 Å². The average Bonchev–Trinajstić information content (AvgIpc) is 1.95. The highest BCUT2D eigenvalue weighted by Gasteiger charge is 1.99. The van der Waals surface area contributed by atoms with Crippen LogP contribution in [0.4, 0.5) is 5.69 Å². The second-order valence-electron chi connectivity index (χ2n) is 2.32. The lowest BCUT2D eigenvalue weighted by Gasteiger charge is -2.02. The van der Waals surface area contributed by atoms with Crippen LogP contribution in [0.1, 0.15) is 5.56 Å². The standard InChI is InChI=1S/C8H11NO2/c1-11-5-6-2-3-7(9)4-8(6)10/h2-4,10H,5,9H2,1H3. The van der Waals surface area contributed by atoms with Crippen LogP contribution in [0.2, 0.25) is 0 Å². The normalized spacial score (nSPS) is 9.91. The third-order valence-electron chi connectivity index (χ3n) is 1.41. The molecule has 0 saturated carbocycles. The molecule has 0 spiro atoms. The van der Waals surface area contributed by atoms with Crippen LogP contribution in [0, 0.1) is 0 Å². The number of nitrogens with two attached hydrogens (primary N) is 1. The van der Waals surface area contributed by atoms with Gasteiger partial charge in [-0.15, -0.1) is 0 Å². The third-order valence-corrected chi connectivity index (χ3v) is 1.41. The molecule has 0 saturated heterocycles. The van der Waals surface area contributed by atoms with E-state index in [9.17, 15) is 5.11 Å². The van der Waals surface area contributed by atoms with Crippen LogP contribution in [0.15, 0.2) is 18.2 Å². The van der Waals surface area contributed by atoms with E-state index < -0.39 is 0 Å². The molecule has 0 radical (unpaired) electrons. The summed E-state index contributed by atoms with van der Waals surface area (Å²) < 4.78 is 4.85. The Morgan fingerprint density at radius 2 is 2.27 bits per heavy atom. The highest BCUT2D eigenvalue weighted by atomic mass is 16.5. The fraction of sp³-hybridized carbons (Fsp3) is 0.250. The molecule has 0 heterocycles. The molecule has 1 rings (SSSR count). The maximum atomic E-state index is 9.26. The van der Waals surface area contributed by atoms with Crippen molar-refractivity contribution >= 4 is 5.69 Å². The van der Waals surface area contributed by atoms with Gasteiger partial charge in [-0.1, -0.05) is 6.07 Å². The SMILES string of the molecule is COCc1ccc(N)cc1O. The molecule has 0 amide bonds. The number of anilines is 1. The quantitative estimate of drug-likeness (QED) is 0.626. The van der Waals surface area contributed by atoms with Gasteiger partial charge in [0.1, 0.15) is 5.75 Å². The van der Waals surface area contributed by atoms with Crippen molar-refractivity contribution in [2.45, 2.75) is 6.61 Å². The fourth-order valence-electron chi connectivity index (χ4n) is 0.858. The number of phenolic OH excluding ortho intramolecular Hbond substituents is 1. The Hall–Kier alpha value is -1.22. The summed E-state index contributed by atoms with van der Waals surface area (Å²) in [4.78, 5) is 0. The minimum Gasteiger partial charge on any atom is -0.508 e. The smallest absolute Gasteiger partial charge is 0.123 e. The minimum absolute atomic E-state index is 0.187. The van der Waals surface area contributed by atoms with Crippen molar-refractivity contribution in [3.8, 4) is 5.75 Å². The molecule has 3 N–H and O–H groups in total. The first-order chi connectivity index (χ1) is 5.24.